The molecule has 1 aromatic carbocycles. The Bertz CT molecular complexity index is 920. The average molecular weight is 419 g/mol. The first kappa shape index (κ1) is 22.2. The second-order valence-corrected chi connectivity index (χ2v) is 9.37. The van der Waals surface area contributed by atoms with Crippen molar-refractivity contribution in [1.82, 2.24) is 4.37 Å². The van der Waals surface area contributed by atoms with Gasteiger partial charge in [0.15, 0.2) is 0 Å². The summed E-state index contributed by atoms with van der Waals surface area (Å²) in [6.07, 6.45) is 0.715. The molecule has 28 heavy (non-hydrogen) atoms. The highest BCUT2D eigenvalue weighted by Crippen LogP contribution is 2.38. The predicted octanol–water partition coefficient (Wildman–Crippen LogP) is 6.45. The van der Waals surface area contributed by atoms with E-state index in [1.165, 1.54) is 11.5 Å². The average Bonchev–Trinajstić information content (AvgIpc) is 2.95. The number of amidine groups is 1. The Hall–Kier alpha value is -2.10. The molecule has 0 bridgehead atoms. The van der Waals surface area contributed by atoms with Crippen molar-refractivity contribution >= 4 is 34.7 Å². The maximum Gasteiger partial charge on any atom is 0.218 e. The molecule has 0 aliphatic carbocycles. The van der Waals surface area contributed by atoms with Crippen LogP contribution in [0.3, 0.4) is 0 Å². The summed E-state index contributed by atoms with van der Waals surface area (Å²) in [5.74, 6) is 1.72. The van der Waals surface area contributed by atoms with Gasteiger partial charge >= 0.3 is 0 Å². The van der Waals surface area contributed by atoms with Crippen LogP contribution < -0.4 is 10.1 Å². The summed E-state index contributed by atoms with van der Waals surface area (Å²) in [6, 6.07) is 5.93. The molecule has 0 saturated heterocycles. The molecule has 1 heterocycles. The molecule has 1 N–H and O–H groups in total. The number of rotatable bonds is 5. The van der Waals surface area contributed by atoms with E-state index in [9.17, 15) is 5.26 Å². The SMILES string of the molecule is CN=C(Nc1cc(C)c(Oc2snc(CC(C)(C)C)c2C#N)cc1Cl)C(C)C. The van der Waals surface area contributed by atoms with Crippen molar-refractivity contribution in [1.29, 1.82) is 5.26 Å². The molecule has 1 aromatic heterocycles. The highest BCUT2D eigenvalue weighted by atomic mass is 35.5. The van der Waals surface area contributed by atoms with Crippen LogP contribution in [-0.2, 0) is 6.42 Å². The van der Waals surface area contributed by atoms with E-state index in [4.69, 9.17) is 16.3 Å². The lowest BCUT2D eigenvalue weighted by Gasteiger charge is -2.17. The van der Waals surface area contributed by atoms with Gasteiger partial charge in [0.25, 0.3) is 0 Å². The normalized spacial score (nSPS) is 12.2. The number of aromatic nitrogens is 1. The van der Waals surface area contributed by atoms with Gasteiger partial charge in [-0.1, -0.05) is 46.2 Å². The number of halogens is 1. The van der Waals surface area contributed by atoms with E-state index in [-0.39, 0.29) is 11.3 Å². The summed E-state index contributed by atoms with van der Waals surface area (Å²) >= 11 is 7.67. The minimum atomic E-state index is 0.0401. The van der Waals surface area contributed by atoms with Crippen LogP contribution in [0.5, 0.6) is 10.8 Å². The topological polar surface area (TPSA) is 70.3 Å². The number of aryl methyl sites for hydroxylation is 1. The Morgan fingerprint density at radius 2 is 2.07 bits per heavy atom. The monoisotopic (exact) mass is 418 g/mol. The van der Waals surface area contributed by atoms with Gasteiger partial charge in [0, 0.05) is 30.6 Å². The van der Waals surface area contributed by atoms with E-state index in [0.717, 1.165) is 22.8 Å². The van der Waals surface area contributed by atoms with E-state index in [1.807, 2.05) is 13.0 Å². The minimum absolute atomic E-state index is 0.0401. The number of nitrogens with one attached hydrogen (secondary N) is 1. The van der Waals surface area contributed by atoms with Gasteiger partial charge in [-0.3, -0.25) is 4.99 Å². The number of ether oxygens (including phenoxy) is 1. The van der Waals surface area contributed by atoms with Gasteiger partial charge < -0.3 is 10.1 Å². The highest BCUT2D eigenvalue weighted by molar-refractivity contribution is 7.08. The second kappa shape index (κ2) is 8.93. The quantitative estimate of drug-likeness (QED) is 0.447. The first-order valence-corrected chi connectivity index (χ1v) is 10.3. The first-order chi connectivity index (χ1) is 13.1. The molecule has 7 heteroatoms. The fourth-order valence-electron chi connectivity index (χ4n) is 2.67. The molecule has 0 atom stereocenters. The van der Waals surface area contributed by atoms with Crippen LogP contribution in [0.25, 0.3) is 0 Å². The van der Waals surface area contributed by atoms with E-state index in [2.05, 4.69) is 55.4 Å². The van der Waals surface area contributed by atoms with Crippen LogP contribution in [-0.4, -0.2) is 17.3 Å². The molecule has 2 aromatic rings. The van der Waals surface area contributed by atoms with E-state index >= 15 is 0 Å². The van der Waals surface area contributed by atoms with Gasteiger partial charge in [0.1, 0.15) is 23.2 Å². The van der Waals surface area contributed by atoms with Gasteiger partial charge in [-0.15, -0.1) is 0 Å². The van der Waals surface area contributed by atoms with E-state index in [1.54, 1.807) is 13.1 Å². The van der Waals surface area contributed by atoms with Gasteiger partial charge in [0.2, 0.25) is 5.06 Å². The summed E-state index contributed by atoms with van der Waals surface area (Å²) in [6.45, 7) is 12.4. The van der Waals surface area contributed by atoms with Crippen molar-refractivity contribution in [3.63, 3.8) is 0 Å². The third-order valence-corrected chi connectivity index (χ3v) is 5.14. The van der Waals surface area contributed by atoms with Crippen LogP contribution in [0.4, 0.5) is 5.69 Å². The fourth-order valence-corrected chi connectivity index (χ4v) is 3.61. The minimum Gasteiger partial charge on any atom is -0.443 e. The molecule has 0 aliphatic heterocycles. The zero-order valence-corrected chi connectivity index (χ0v) is 19.0. The van der Waals surface area contributed by atoms with Gasteiger partial charge in [-0.2, -0.15) is 9.64 Å². The molecule has 0 fully saturated rings. The molecule has 0 saturated carbocycles. The standard InChI is InChI=1S/C21H27ClN4OS/c1-12(2)19(24-7)25-16-8-13(3)18(9-15(16)22)27-20-14(11-23)17(26-28-20)10-21(4,5)6/h8-9,12H,10H2,1-7H3,(H,24,25). The first-order valence-electron chi connectivity index (χ1n) is 9.16. The zero-order valence-electron chi connectivity index (χ0n) is 17.5. The number of nitriles is 1. The highest BCUT2D eigenvalue weighted by Gasteiger charge is 2.22. The molecule has 5 nitrogen and oxygen atoms in total. The van der Waals surface area contributed by atoms with Crippen LogP contribution >= 0.6 is 23.1 Å². The molecular weight excluding hydrogens is 392 g/mol. The smallest absolute Gasteiger partial charge is 0.218 e. The lowest BCUT2D eigenvalue weighted by Crippen LogP contribution is -2.18. The number of hydrogen-bond donors (Lipinski definition) is 1. The van der Waals surface area contributed by atoms with Crippen LogP contribution in [0.15, 0.2) is 17.1 Å². The van der Waals surface area contributed by atoms with Gasteiger partial charge in [-0.05, 0) is 30.4 Å². The number of aliphatic imine (C=N–C) groups is 1. The van der Waals surface area contributed by atoms with Crippen molar-refractivity contribution in [3.8, 4) is 16.9 Å². The Morgan fingerprint density at radius 1 is 1.39 bits per heavy atom. The number of hydrogen-bond acceptors (Lipinski definition) is 5. The predicted molar refractivity (Wildman–Crippen MR) is 118 cm³/mol. The van der Waals surface area contributed by atoms with E-state index < -0.39 is 0 Å². The number of anilines is 1. The Labute approximate surface area is 176 Å². The van der Waals surface area contributed by atoms with Gasteiger partial charge in [0.05, 0.1) is 16.4 Å². The van der Waals surface area contributed by atoms with E-state index in [0.29, 0.717) is 27.8 Å². The maximum absolute atomic E-state index is 9.60. The summed E-state index contributed by atoms with van der Waals surface area (Å²) < 4.78 is 10.5. The second-order valence-electron chi connectivity index (χ2n) is 8.23. The number of benzene rings is 1. The summed E-state index contributed by atoms with van der Waals surface area (Å²) in [5.41, 5.74) is 2.99. The largest absolute Gasteiger partial charge is 0.443 e. The third-order valence-electron chi connectivity index (χ3n) is 4.06. The molecule has 0 radical (unpaired) electrons. The maximum atomic E-state index is 9.60. The van der Waals surface area contributed by atoms with Crippen molar-refractivity contribution in [2.24, 2.45) is 16.3 Å². The summed E-state index contributed by atoms with van der Waals surface area (Å²) in [4.78, 5) is 4.27. The van der Waals surface area contributed by atoms with Crippen molar-refractivity contribution in [3.05, 3.63) is 34.0 Å². The summed E-state index contributed by atoms with van der Waals surface area (Å²) in [5, 5.41) is 13.9. The van der Waals surface area contributed by atoms with Crippen LogP contribution in [0.1, 0.15) is 51.4 Å². The third kappa shape index (κ3) is 5.46. The van der Waals surface area contributed by atoms with Crippen LogP contribution in [0.2, 0.25) is 5.02 Å². The van der Waals surface area contributed by atoms with Crippen molar-refractivity contribution in [2.45, 2.75) is 48.0 Å². The lowest BCUT2D eigenvalue weighted by molar-refractivity contribution is 0.406. The number of nitrogens with zero attached hydrogens (tertiary/aromatic N) is 3. The van der Waals surface area contributed by atoms with Crippen molar-refractivity contribution in [2.75, 3.05) is 12.4 Å². The molecule has 150 valence electrons. The molecule has 0 spiro atoms. The zero-order chi connectivity index (χ0) is 21.1. The summed E-state index contributed by atoms with van der Waals surface area (Å²) in [7, 11) is 1.75. The Kier molecular flexibility index (Phi) is 7.08. The lowest BCUT2D eigenvalue weighted by atomic mass is 9.89. The molecule has 0 amide bonds. The molecule has 0 aliphatic rings. The van der Waals surface area contributed by atoms with Gasteiger partial charge in [-0.25, -0.2) is 0 Å². The Balaban J connectivity index is 2.31. The Morgan fingerprint density at radius 3 is 2.61 bits per heavy atom. The van der Waals surface area contributed by atoms with Crippen molar-refractivity contribution < 1.29 is 4.74 Å². The molecular formula is C21H27ClN4OS. The molecule has 2 rings (SSSR count). The fraction of sp³-hybridized carbons (Fsp3) is 0.476. The molecule has 0 unspecified atom stereocenters. The van der Waals surface area contributed by atoms with Crippen LogP contribution in [0, 0.1) is 29.6 Å².